The molecule has 1 aliphatic heterocycles. The van der Waals surface area contributed by atoms with Gasteiger partial charge >= 0.3 is 11.9 Å². The Hall–Kier alpha value is -0.830. The molecule has 1 fully saturated rings. The second-order valence-corrected chi connectivity index (χ2v) is 6.91. The Labute approximate surface area is 147 Å². The lowest BCUT2D eigenvalue weighted by atomic mass is 10.3. The number of rotatable bonds is 0. The van der Waals surface area contributed by atoms with E-state index in [1.807, 2.05) is 13.8 Å². The van der Waals surface area contributed by atoms with E-state index in [9.17, 15) is 9.59 Å². The first kappa shape index (κ1) is 21.2. The van der Waals surface area contributed by atoms with Crippen molar-refractivity contribution in [2.45, 2.75) is 52.1 Å². The Morgan fingerprint density at radius 3 is 1.50 bits per heavy atom. The van der Waals surface area contributed by atoms with Crippen molar-refractivity contribution in [2.24, 2.45) is 0 Å². The van der Waals surface area contributed by atoms with Crippen LogP contribution in [0, 0.1) is 0 Å². The molecule has 0 aromatic carbocycles. The molecule has 1 saturated heterocycles. The summed E-state index contributed by atoms with van der Waals surface area (Å²) in [4.78, 5) is 23.3. The van der Waals surface area contributed by atoms with E-state index in [1.54, 1.807) is 13.8 Å². The summed E-state index contributed by atoms with van der Waals surface area (Å²) in [6, 6.07) is 0. The average Bonchev–Trinajstić information content (AvgIpc) is 2.45. The highest BCUT2D eigenvalue weighted by Gasteiger charge is 2.16. The van der Waals surface area contributed by atoms with Crippen molar-refractivity contribution >= 4 is 23.7 Å². The molecular weight excluding hydrogens is 336 g/mol. The second kappa shape index (κ2) is 11.7. The van der Waals surface area contributed by atoms with Gasteiger partial charge in [-0.2, -0.15) is 0 Å². The van der Waals surface area contributed by atoms with E-state index in [4.69, 9.17) is 23.7 Å². The number of thioether (sulfide) groups is 1. The molecule has 0 aliphatic carbocycles. The molecule has 1 heterocycles. The highest BCUT2D eigenvalue weighted by atomic mass is 32.2. The van der Waals surface area contributed by atoms with Crippen molar-refractivity contribution in [3.63, 3.8) is 0 Å². The maximum Gasteiger partial charge on any atom is 0.316 e. The molecule has 7 nitrogen and oxygen atoms in total. The van der Waals surface area contributed by atoms with Gasteiger partial charge in [0.1, 0.15) is 12.2 Å². The van der Waals surface area contributed by atoms with Crippen molar-refractivity contribution in [1.29, 1.82) is 0 Å². The summed E-state index contributed by atoms with van der Waals surface area (Å²) in [5.41, 5.74) is 0. The van der Waals surface area contributed by atoms with E-state index in [1.165, 1.54) is 11.8 Å². The van der Waals surface area contributed by atoms with Gasteiger partial charge in [0.25, 0.3) is 0 Å². The Balaban J connectivity index is 2.51. The van der Waals surface area contributed by atoms with Crippen LogP contribution in [-0.2, 0) is 33.3 Å². The monoisotopic (exact) mass is 364 g/mol. The summed E-state index contributed by atoms with van der Waals surface area (Å²) in [5, 5.41) is 0. The number of cyclic esters (lactones) is 2. The lowest BCUT2D eigenvalue weighted by Gasteiger charge is -2.21. The molecule has 0 radical (unpaired) electrons. The predicted octanol–water partition coefficient (Wildman–Crippen LogP) is 1.42. The van der Waals surface area contributed by atoms with Crippen LogP contribution in [-0.4, -0.2) is 74.3 Å². The van der Waals surface area contributed by atoms with Gasteiger partial charge in [0.05, 0.1) is 50.1 Å². The van der Waals surface area contributed by atoms with Crippen LogP contribution in [0.2, 0.25) is 0 Å². The molecule has 0 saturated carbocycles. The molecule has 4 atom stereocenters. The SMILES string of the molecule is CC1COCC(C)OC(C)COCC(C)OC(=O)CSCC(=O)O1. The Morgan fingerprint density at radius 1 is 0.708 bits per heavy atom. The highest BCUT2D eigenvalue weighted by Crippen LogP contribution is 2.07. The normalized spacial score (nSPS) is 33.0. The number of carbonyl (C=O) groups excluding carboxylic acids is 2. The van der Waals surface area contributed by atoms with Crippen LogP contribution in [0.15, 0.2) is 0 Å². The first-order valence-electron chi connectivity index (χ1n) is 8.14. The molecule has 4 unspecified atom stereocenters. The van der Waals surface area contributed by atoms with Crippen LogP contribution in [0.4, 0.5) is 0 Å². The van der Waals surface area contributed by atoms with Gasteiger partial charge in [0.2, 0.25) is 0 Å². The summed E-state index contributed by atoms with van der Waals surface area (Å²) in [6.07, 6.45) is -0.902. The largest absolute Gasteiger partial charge is 0.460 e. The quantitative estimate of drug-likeness (QED) is 0.597. The van der Waals surface area contributed by atoms with Crippen LogP contribution < -0.4 is 0 Å². The van der Waals surface area contributed by atoms with Crippen LogP contribution in [0.25, 0.3) is 0 Å². The molecular formula is C16H28O7S. The molecule has 8 heteroatoms. The number of esters is 2. The van der Waals surface area contributed by atoms with Crippen LogP contribution in [0.3, 0.4) is 0 Å². The minimum Gasteiger partial charge on any atom is -0.460 e. The molecule has 1 aliphatic rings. The van der Waals surface area contributed by atoms with Crippen molar-refractivity contribution in [3.8, 4) is 0 Å². The zero-order chi connectivity index (χ0) is 17.9. The predicted molar refractivity (Wildman–Crippen MR) is 90.1 cm³/mol. The Bertz CT molecular complexity index is 357. The maximum atomic E-state index is 11.7. The summed E-state index contributed by atoms with van der Waals surface area (Å²) in [5.74, 6) is -0.554. The Morgan fingerprint density at radius 2 is 1.08 bits per heavy atom. The molecule has 0 bridgehead atoms. The number of carbonyl (C=O) groups is 2. The van der Waals surface area contributed by atoms with Crippen molar-refractivity contribution in [3.05, 3.63) is 0 Å². The van der Waals surface area contributed by atoms with Gasteiger partial charge in [-0.1, -0.05) is 0 Å². The van der Waals surface area contributed by atoms with Gasteiger partial charge in [-0.15, -0.1) is 11.8 Å². The summed E-state index contributed by atoms with van der Waals surface area (Å²) in [6.45, 7) is 8.77. The third kappa shape index (κ3) is 10.1. The molecule has 0 N–H and O–H groups in total. The van der Waals surface area contributed by atoms with E-state index in [0.29, 0.717) is 26.4 Å². The lowest BCUT2D eigenvalue weighted by molar-refractivity contribution is -0.149. The lowest BCUT2D eigenvalue weighted by Crippen LogP contribution is -2.29. The third-order valence-corrected chi connectivity index (χ3v) is 3.86. The van der Waals surface area contributed by atoms with Gasteiger partial charge in [-0.25, -0.2) is 0 Å². The fraction of sp³-hybridized carbons (Fsp3) is 0.875. The minimum atomic E-state index is -0.376. The summed E-state index contributed by atoms with van der Waals surface area (Å²) < 4.78 is 27.2. The highest BCUT2D eigenvalue weighted by molar-refractivity contribution is 8.00. The molecule has 24 heavy (non-hydrogen) atoms. The van der Waals surface area contributed by atoms with E-state index >= 15 is 0 Å². The molecule has 1 rings (SSSR count). The van der Waals surface area contributed by atoms with E-state index < -0.39 is 0 Å². The standard InChI is InChI=1S/C16H28O7S/c1-11-5-19-7-13(3)22-15(17)9-24-10-16(18)23-14(4)8-20-6-12(2)21-11/h11-14H,5-10H2,1-4H3. The van der Waals surface area contributed by atoms with Crippen molar-refractivity contribution in [2.75, 3.05) is 37.9 Å². The fourth-order valence-electron chi connectivity index (χ4n) is 2.08. The number of hydrogen-bond acceptors (Lipinski definition) is 8. The first-order chi connectivity index (χ1) is 11.4. The Kier molecular flexibility index (Phi) is 10.3. The van der Waals surface area contributed by atoms with E-state index in [2.05, 4.69) is 0 Å². The van der Waals surface area contributed by atoms with Gasteiger partial charge in [0.15, 0.2) is 0 Å². The van der Waals surface area contributed by atoms with E-state index in [0.717, 1.165) is 0 Å². The van der Waals surface area contributed by atoms with Crippen LogP contribution in [0.5, 0.6) is 0 Å². The van der Waals surface area contributed by atoms with Crippen LogP contribution in [0.1, 0.15) is 27.7 Å². The fourth-order valence-corrected chi connectivity index (χ4v) is 2.65. The molecule has 0 amide bonds. The molecule has 140 valence electrons. The van der Waals surface area contributed by atoms with Gasteiger partial charge in [0, 0.05) is 0 Å². The maximum absolute atomic E-state index is 11.7. The molecule has 0 spiro atoms. The van der Waals surface area contributed by atoms with Gasteiger partial charge < -0.3 is 23.7 Å². The zero-order valence-corrected chi connectivity index (χ0v) is 15.6. The van der Waals surface area contributed by atoms with Gasteiger partial charge in [-0.3, -0.25) is 9.59 Å². The van der Waals surface area contributed by atoms with Crippen molar-refractivity contribution in [1.82, 2.24) is 0 Å². The molecule has 0 aromatic rings. The minimum absolute atomic E-state index is 0.0986. The second-order valence-electron chi connectivity index (χ2n) is 5.93. The van der Waals surface area contributed by atoms with Crippen molar-refractivity contribution < 1.29 is 33.3 Å². The number of hydrogen-bond donors (Lipinski definition) is 0. The summed E-state index contributed by atoms with van der Waals surface area (Å²) in [7, 11) is 0. The number of ether oxygens (including phenoxy) is 5. The van der Waals surface area contributed by atoms with Gasteiger partial charge in [-0.05, 0) is 27.7 Å². The average molecular weight is 364 g/mol. The summed E-state index contributed by atoms with van der Waals surface area (Å²) >= 11 is 1.17. The zero-order valence-electron chi connectivity index (χ0n) is 14.8. The third-order valence-electron chi connectivity index (χ3n) is 2.98. The molecule has 0 aromatic heterocycles. The first-order valence-corrected chi connectivity index (χ1v) is 9.30. The van der Waals surface area contributed by atoms with E-state index in [-0.39, 0.29) is 47.9 Å². The smallest absolute Gasteiger partial charge is 0.316 e. The van der Waals surface area contributed by atoms with Crippen LogP contribution >= 0.6 is 11.8 Å². The topological polar surface area (TPSA) is 80.3 Å².